The van der Waals surface area contributed by atoms with Gasteiger partial charge in [0.1, 0.15) is 5.82 Å². The van der Waals surface area contributed by atoms with Crippen LogP contribution in [0, 0.1) is 6.92 Å². The summed E-state index contributed by atoms with van der Waals surface area (Å²) in [6, 6.07) is 15.9. The predicted octanol–water partition coefficient (Wildman–Crippen LogP) is 1.75. The lowest BCUT2D eigenvalue weighted by atomic mass is 9.98. The molecule has 2 aromatic carbocycles. The van der Waals surface area contributed by atoms with E-state index in [-0.39, 0.29) is 5.56 Å². The number of ether oxygens (including phenoxy) is 1. The van der Waals surface area contributed by atoms with Crippen LogP contribution in [0.25, 0.3) is 33.7 Å². The highest BCUT2D eigenvalue weighted by atomic mass is 16.5. The third-order valence-corrected chi connectivity index (χ3v) is 6.06. The summed E-state index contributed by atoms with van der Waals surface area (Å²) in [7, 11) is 3.05. The Bertz CT molecular complexity index is 1610. The Morgan fingerprint density at radius 1 is 1.00 bits per heavy atom. The van der Waals surface area contributed by atoms with Crippen molar-refractivity contribution >= 4 is 11.2 Å². The molecule has 3 aromatic heterocycles. The molecule has 0 aliphatic carbocycles. The van der Waals surface area contributed by atoms with Crippen molar-refractivity contribution in [2.75, 3.05) is 13.7 Å². The Kier molecular flexibility index (Phi) is 5.83. The molecule has 0 aliphatic heterocycles. The fraction of sp³-hybridized carbons (Fsp3) is 0.250. The predicted molar refractivity (Wildman–Crippen MR) is 130 cm³/mol. The summed E-state index contributed by atoms with van der Waals surface area (Å²) < 4.78 is 9.59. The maximum absolute atomic E-state index is 13.0. The zero-order valence-corrected chi connectivity index (χ0v) is 19.6. The molecule has 0 aliphatic rings. The van der Waals surface area contributed by atoms with Gasteiger partial charge in [-0.2, -0.15) is 5.21 Å². The van der Waals surface area contributed by atoms with E-state index in [0.717, 1.165) is 26.8 Å². The number of rotatable bonds is 7. The summed E-state index contributed by atoms with van der Waals surface area (Å²) in [4.78, 5) is 30.3. The molecule has 0 saturated heterocycles. The first-order valence-corrected chi connectivity index (χ1v) is 11.1. The van der Waals surface area contributed by atoms with Crippen LogP contribution in [0.1, 0.15) is 11.4 Å². The molecule has 0 unspecified atom stereocenters. The Balaban J connectivity index is 1.53. The van der Waals surface area contributed by atoms with Gasteiger partial charge in [0.05, 0.1) is 13.2 Å². The van der Waals surface area contributed by atoms with E-state index in [0.29, 0.717) is 42.5 Å². The topological polar surface area (TPSA) is 126 Å². The lowest BCUT2D eigenvalue weighted by Crippen LogP contribution is -2.39. The van der Waals surface area contributed by atoms with Gasteiger partial charge in [0.15, 0.2) is 11.2 Å². The number of benzene rings is 2. The van der Waals surface area contributed by atoms with Crippen molar-refractivity contribution in [1.82, 2.24) is 39.3 Å². The van der Waals surface area contributed by atoms with Gasteiger partial charge in [-0.25, -0.2) is 9.78 Å². The molecular weight excluding hydrogens is 448 g/mol. The highest BCUT2D eigenvalue weighted by molar-refractivity contribution is 5.80. The molecule has 0 atom stereocenters. The van der Waals surface area contributed by atoms with Crippen molar-refractivity contribution in [2.24, 2.45) is 7.05 Å². The SMILES string of the molecule is COCCn1c(=O)n(C)c(=O)c2c1nc(C)n2Cc1ccc(-c2ccccc2-c2nn[nH]n2)cc1. The molecule has 0 bridgehead atoms. The molecule has 11 nitrogen and oxygen atoms in total. The highest BCUT2D eigenvalue weighted by Crippen LogP contribution is 2.30. The van der Waals surface area contributed by atoms with E-state index in [1.165, 1.54) is 11.6 Å². The molecule has 1 N–H and O–H groups in total. The molecule has 5 rings (SSSR count). The number of aromatic nitrogens is 8. The number of hydrogen-bond acceptors (Lipinski definition) is 7. The second-order valence-corrected chi connectivity index (χ2v) is 8.19. The number of H-pyrrole nitrogens is 1. The first-order valence-electron chi connectivity index (χ1n) is 11.1. The monoisotopic (exact) mass is 472 g/mol. The van der Waals surface area contributed by atoms with E-state index >= 15 is 0 Å². The van der Waals surface area contributed by atoms with Gasteiger partial charge in [0, 0.05) is 26.3 Å². The lowest BCUT2D eigenvalue weighted by molar-refractivity contribution is 0.186. The number of hydrogen-bond donors (Lipinski definition) is 1. The summed E-state index contributed by atoms with van der Waals surface area (Å²) in [6.45, 7) is 2.92. The number of methoxy groups -OCH3 is 1. The van der Waals surface area contributed by atoms with Crippen LogP contribution in [0.4, 0.5) is 0 Å². The van der Waals surface area contributed by atoms with Crippen LogP contribution >= 0.6 is 0 Å². The van der Waals surface area contributed by atoms with Gasteiger partial charge in [-0.1, -0.05) is 48.5 Å². The molecule has 3 heterocycles. The largest absolute Gasteiger partial charge is 0.383 e. The van der Waals surface area contributed by atoms with E-state index in [4.69, 9.17) is 4.74 Å². The summed E-state index contributed by atoms with van der Waals surface area (Å²) >= 11 is 0. The van der Waals surface area contributed by atoms with Gasteiger partial charge in [-0.05, 0) is 28.8 Å². The first-order chi connectivity index (χ1) is 17.0. The number of nitrogens with one attached hydrogen (secondary N) is 1. The van der Waals surface area contributed by atoms with Crippen LogP contribution in [0.2, 0.25) is 0 Å². The summed E-state index contributed by atoms with van der Waals surface area (Å²) in [5, 5.41) is 14.4. The van der Waals surface area contributed by atoms with E-state index in [1.54, 1.807) is 7.11 Å². The first kappa shape index (κ1) is 22.4. The van der Waals surface area contributed by atoms with Crippen LogP contribution in [0.3, 0.4) is 0 Å². The Morgan fingerprint density at radius 3 is 2.43 bits per heavy atom. The Hall–Kier alpha value is -4.38. The maximum Gasteiger partial charge on any atom is 0.332 e. The molecule has 0 fully saturated rings. The fourth-order valence-corrected chi connectivity index (χ4v) is 4.22. The molecule has 11 heteroatoms. The van der Waals surface area contributed by atoms with E-state index in [2.05, 4.69) is 25.6 Å². The van der Waals surface area contributed by atoms with E-state index in [1.807, 2.05) is 60.0 Å². The third-order valence-electron chi connectivity index (χ3n) is 6.06. The average Bonchev–Trinajstić information content (AvgIpc) is 3.52. The minimum absolute atomic E-state index is 0.310. The number of aryl methyl sites for hydroxylation is 1. The second-order valence-electron chi connectivity index (χ2n) is 8.19. The standard InChI is InChI=1S/C24H24N8O3/c1-15-25-22-20(23(33)30(2)24(34)31(22)12-13-35-3)32(15)14-16-8-10-17(11-9-16)18-6-4-5-7-19(18)21-26-28-29-27-21/h4-11H,12-14H2,1-3H3,(H,26,27,28,29). The zero-order chi connectivity index (χ0) is 24.5. The summed E-state index contributed by atoms with van der Waals surface area (Å²) in [5.74, 6) is 1.18. The van der Waals surface area contributed by atoms with Gasteiger partial charge >= 0.3 is 5.69 Å². The minimum Gasteiger partial charge on any atom is -0.383 e. The summed E-state index contributed by atoms with van der Waals surface area (Å²) in [6.07, 6.45) is 0. The number of aromatic amines is 1. The third kappa shape index (κ3) is 3.95. The van der Waals surface area contributed by atoms with Gasteiger partial charge in [-0.15, -0.1) is 10.2 Å². The highest BCUT2D eigenvalue weighted by Gasteiger charge is 2.19. The quantitative estimate of drug-likeness (QED) is 0.382. The molecule has 178 valence electrons. The second kappa shape index (κ2) is 9.11. The average molecular weight is 473 g/mol. The van der Waals surface area contributed by atoms with Crippen LogP contribution in [-0.2, 0) is 24.9 Å². The van der Waals surface area contributed by atoms with Crippen molar-refractivity contribution in [3.63, 3.8) is 0 Å². The number of nitrogens with zero attached hydrogens (tertiary/aromatic N) is 7. The van der Waals surface area contributed by atoms with Gasteiger partial charge < -0.3 is 9.30 Å². The minimum atomic E-state index is -0.408. The van der Waals surface area contributed by atoms with Crippen molar-refractivity contribution < 1.29 is 4.74 Å². The smallest absolute Gasteiger partial charge is 0.332 e. The lowest BCUT2D eigenvalue weighted by Gasteiger charge is -2.11. The Morgan fingerprint density at radius 2 is 1.74 bits per heavy atom. The summed E-state index contributed by atoms with van der Waals surface area (Å²) in [5.41, 5.74) is 3.85. The van der Waals surface area contributed by atoms with Crippen LogP contribution < -0.4 is 11.2 Å². The van der Waals surface area contributed by atoms with E-state index < -0.39 is 5.69 Å². The molecule has 35 heavy (non-hydrogen) atoms. The van der Waals surface area contributed by atoms with Crippen molar-refractivity contribution in [1.29, 1.82) is 0 Å². The van der Waals surface area contributed by atoms with Crippen molar-refractivity contribution in [3.8, 4) is 22.5 Å². The zero-order valence-electron chi connectivity index (χ0n) is 19.6. The molecule has 0 amide bonds. The number of imidazole rings is 1. The molecule has 0 radical (unpaired) electrons. The fourth-order valence-electron chi connectivity index (χ4n) is 4.22. The molecule has 0 spiro atoms. The molecule has 0 saturated carbocycles. The van der Waals surface area contributed by atoms with E-state index in [9.17, 15) is 9.59 Å². The van der Waals surface area contributed by atoms with Crippen LogP contribution in [0.15, 0.2) is 58.1 Å². The normalized spacial score (nSPS) is 11.4. The molecule has 5 aromatic rings. The number of tetrazole rings is 1. The Labute approximate surface area is 199 Å². The molecular formula is C24H24N8O3. The van der Waals surface area contributed by atoms with Crippen LogP contribution in [-0.4, -0.2) is 53.0 Å². The van der Waals surface area contributed by atoms with Gasteiger partial charge in [-0.3, -0.25) is 13.9 Å². The van der Waals surface area contributed by atoms with Gasteiger partial charge in [0.2, 0.25) is 5.82 Å². The van der Waals surface area contributed by atoms with Crippen molar-refractivity contribution in [3.05, 3.63) is 80.8 Å². The maximum atomic E-state index is 13.0. The van der Waals surface area contributed by atoms with Crippen molar-refractivity contribution in [2.45, 2.75) is 20.0 Å². The van der Waals surface area contributed by atoms with Gasteiger partial charge in [0.25, 0.3) is 5.56 Å². The van der Waals surface area contributed by atoms with Crippen LogP contribution in [0.5, 0.6) is 0 Å². The number of fused-ring (bicyclic) bond motifs is 1.